The summed E-state index contributed by atoms with van der Waals surface area (Å²) in [5.74, 6) is 0.0588. The average molecular weight is 295 g/mol. The first-order valence-corrected chi connectivity index (χ1v) is 7.03. The van der Waals surface area contributed by atoms with Gasteiger partial charge in [-0.05, 0) is 19.4 Å². The first-order chi connectivity index (χ1) is 9.74. The van der Waals surface area contributed by atoms with Gasteiger partial charge in [0.25, 0.3) is 0 Å². The molecule has 0 radical (unpaired) electrons. The predicted molar refractivity (Wildman–Crippen MR) is 75.6 cm³/mol. The molecule has 1 aliphatic rings. The van der Waals surface area contributed by atoms with E-state index in [9.17, 15) is 4.79 Å². The number of rotatable bonds is 2. The lowest BCUT2D eigenvalue weighted by Crippen LogP contribution is -2.40. The van der Waals surface area contributed by atoms with Crippen LogP contribution < -0.4 is 10.6 Å². The number of imidazole rings is 1. The molecule has 3 N–H and O–H groups in total. The fourth-order valence-corrected chi connectivity index (χ4v) is 2.52. The van der Waals surface area contributed by atoms with Crippen molar-refractivity contribution in [3.63, 3.8) is 0 Å². The quantitative estimate of drug-likeness (QED) is 0.729. The van der Waals surface area contributed by atoms with Gasteiger partial charge in [0.2, 0.25) is 11.9 Å². The zero-order valence-corrected chi connectivity index (χ0v) is 11.6. The van der Waals surface area contributed by atoms with Gasteiger partial charge in [0.1, 0.15) is 5.52 Å². The molecule has 1 saturated heterocycles. The van der Waals surface area contributed by atoms with Gasteiger partial charge in [0.05, 0.1) is 12.4 Å². The Morgan fingerprint density at radius 2 is 2.25 bits per heavy atom. The summed E-state index contributed by atoms with van der Waals surface area (Å²) in [6.07, 6.45) is 5.61. The number of halogens is 1. The van der Waals surface area contributed by atoms with Gasteiger partial charge in [0, 0.05) is 0 Å². The molecule has 1 atom stereocenters. The van der Waals surface area contributed by atoms with E-state index in [0.717, 1.165) is 32.2 Å². The maximum atomic E-state index is 12.2. The van der Waals surface area contributed by atoms with Crippen LogP contribution in [0.3, 0.4) is 0 Å². The zero-order valence-electron chi connectivity index (χ0n) is 10.8. The molecule has 1 amide bonds. The van der Waals surface area contributed by atoms with E-state index in [2.05, 4.69) is 30.6 Å². The number of nitrogens with one attached hydrogen (secondary N) is 3. The van der Waals surface area contributed by atoms with Crippen molar-refractivity contribution in [3.05, 3.63) is 11.5 Å². The molecule has 1 unspecified atom stereocenters. The molecule has 0 saturated carbocycles. The molecule has 20 heavy (non-hydrogen) atoms. The molecule has 1 aliphatic heterocycles. The normalized spacial score (nSPS) is 19.8. The fraction of sp³-hybridized carbons (Fsp3) is 0.500. The second-order valence-electron chi connectivity index (χ2n) is 4.78. The third kappa shape index (κ3) is 2.73. The Labute approximate surface area is 120 Å². The van der Waals surface area contributed by atoms with Crippen molar-refractivity contribution in [1.29, 1.82) is 0 Å². The fourth-order valence-electron chi connectivity index (χ4n) is 2.30. The SMILES string of the molecule is O=C(Nc1nc(Cl)c2[nH]cnc2n1)C1CCCCCN1. The van der Waals surface area contributed by atoms with Gasteiger partial charge in [-0.1, -0.05) is 24.4 Å². The molecular formula is C12H15ClN6O. The van der Waals surface area contributed by atoms with E-state index >= 15 is 0 Å². The van der Waals surface area contributed by atoms with Crippen molar-refractivity contribution in [2.75, 3.05) is 11.9 Å². The van der Waals surface area contributed by atoms with E-state index in [1.807, 2.05) is 0 Å². The molecule has 7 nitrogen and oxygen atoms in total. The zero-order chi connectivity index (χ0) is 13.9. The summed E-state index contributed by atoms with van der Waals surface area (Å²) in [7, 11) is 0. The third-order valence-corrected chi connectivity index (χ3v) is 3.63. The molecule has 1 fully saturated rings. The van der Waals surface area contributed by atoms with Gasteiger partial charge in [-0.25, -0.2) is 4.98 Å². The van der Waals surface area contributed by atoms with Crippen molar-refractivity contribution in [2.45, 2.75) is 31.7 Å². The van der Waals surface area contributed by atoms with Crippen LogP contribution in [0, 0.1) is 0 Å². The second-order valence-corrected chi connectivity index (χ2v) is 5.14. The maximum absolute atomic E-state index is 12.2. The molecule has 3 rings (SSSR count). The Kier molecular flexibility index (Phi) is 3.79. The number of amides is 1. The standard InChI is InChI=1S/C12H15ClN6O/c13-9-8-10(16-6-15-8)18-12(17-9)19-11(20)7-4-2-1-3-5-14-7/h6-7,14H,1-5H2,(H2,15,16,17,18,19,20). The van der Waals surface area contributed by atoms with E-state index in [1.165, 1.54) is 6.33 Å². The Morgan fingerprint density at radius 1 is 1.35 bits per heavy atom. The van der Waals surface area contributed by atoms with Crippen LogP contribution in [0.15, 0.2) is 6.33 Å². The number of carbonyl (C=O) groups excluding carboxylic acids is 1. The van der Waals surface area contributed by atoms with E-state index in [-0.39, 0.29) is 23.1 Å². The highest BCUT2D eigenvalue weighted by molar-refractivity contribution is 6.33. The minimum Gasteiger partial charge on any atom is -0.341 e. The van der Waals surface area contributed by atoms with Crippen LogP contribution in [-0.2, 0) is 4.79 Å². The van der Waals surface area contributed by atoms with Crippen molar-refractivity contribution < 1.29 is 4.79 Å². The number of nitrogens with zero attached hydrogens (tertiary/aromatic N) is 3. The largest absolute Gasteiger partial charge is 0.341 e. The van der Waals surface area contributed by atoms with Crippen molar-refractivity contribution in [2.24, 2.45) is 0 Å². The summed E-state index contributed by atoms with van der Waals surface area (Å²) in [6, 6.07) is -0.199. The van der Waals surface area contributed by atoms with Crippen LogP contribution in [0.5, 0.6) is 0 Å². The molecule has 2 aromatic heterocycles. The molecule has 3 heterocycles. The summed E-state index contributed by atoms with van der Waals surface area (Å²) >= 11 is 6.01. The van der Waals surface area contributed by atoms with Gasteiger partial charge in [-0.3, -0.25) is 10.1 Å². The minimum atomic E-state index is -0.199. The van der Waals surface area contributed by atoms with Gasteiger partial charge in [-0.15, -0.1) is 0 Å². The number of anilines is 1. The Bertz CT molecular complexity index is 619. The average Bonchev–Trinajstić information content (AvgIpc) is 2.73. The second kappa shape index (κ2) is 5.72. The van der Waals surface area contributed by atoms with E-state index in [0.29, 0.717) is 11.2 Å². The van der Waals surface area contributed by atoms with E-state index in [1.54, 1.807) is 0 Å². The number of hydrogen-bond donors (Lipinski definition) is 3. The lowest BCUT2D eigenvalue weighted by molar-refractivity contribution is -0.118. The number of hydrogen-bond acceptors (Lipinski definition) is 5. The first kappa shape index (κ1) is 13.3. The molecule has 8 heteroatoms. The maximum Gasteiger partial charge on any atom is 0.243 e. The highest BCUT2D eigenvalue weighted by Crippen LogP contribution is 2.18. The molecule has 0 aromatic carbocycles. The van der Waals surface area contributed by atoms with Gasteiger partial charge < -0.3 is 10.3 Å². The smallest absolute Gasteiger partial charge is 0.243 e. The number of fused-ring (bicyclic) bond motifs is 1. The summed E-state index contributed by atoms with van der Waals surface area (Å²) in [5.41, 5.74) is 1.01. The summed E-state index contributed by atoms with van der Waals surface area (Å²) in [6.45, 7) is 0.859. The van der Waals surface area contributed by atoms with Crippen LogP contribution in [0.4, 0.5) is 5.95 Å². The number of H-pyrrole nitrogens is 1. The van der Waals surface area contributed by atoms with E-state index < -0.39 is 0 Å². The summed E-state index contributed by atoms with van der Waals surface area (Å²) < 4.78 is 0. The highest BCUT2D eigenvalue weighted by Gasteiger charge is 2.21. The molecule has 106 valence electrons. The highest BCUT2D eigenvalue weighted by atomic mass is 35.5. The van der Waals surface area contributed by atoms with Crippen LogP contribution in [0.2, 0.25) is 5.15 Å². The van der Waals surface area contributed by atoms with E-state index in [4.69, 9.17) is 11.6 Å². The van der Waals surface area contributed by atoms with Gasteiger partial charge in [0.15, 0.2) is 10.8 Å². The monoisotopic (exact) mass is 294 g/mol. The molecule has 2 aromatic rings. The lowest BCUT2D eigenvalue weighted by atomic mass is 10.1. The first-order valence-electron chi connectivity index (χ1n) is 6.65. The van der Waals surface area contributed by atoms with Crippen molar-refractivity contribution in [1.82, 2.24) is 25.3 Å². The molecular weight excluding hydrogens is 280 g/mol. The Morgan fingerprint density at radius 3 is 3.15 bits per heavy atom. The number of carbonyl (C=O) groups is 1. The Hall–Kier alpha value is -1.73. The third-order valence-electron chi connectivity index (χ3n) is 3.35. The molecule has 0 bridgehead atoms. The van der Waals surface area contributed by atoms with Crippen LogP contribution in [-0.4, -0.2) is 38.4 Å². The minimum absolute atomic E-state index is 0.127. The molecule has 0 spiro atoms. The van der Waals surface area contributed by atoms with Crippen LogP contribution >= 0.6 is 11.6 Å². The van der Waals surface area contributed by atoms with Crippen LogP contribution in [0.1, 0.15) is 25.7 Å². The number of aromatic nitrogens is 4. The topological polar surface area (TPSA) is 95.6 Å². The molecule has 0 aliphatic carbocycles. The Balaban J connectivity index is 1.76. The van der Waals surface area contributed by atoms with Crippen LogP contribution in [0.25, 0.3) is 11.2 Å². The van der Waals surface area contributed by atoms with Gasteiger partial charge in [-0.2, -0.15) is 9.97 Å². The summed E-state index contributed by atoms with van der Waals surface area (Å²) in [5, 5.41) is 6.17. The predicted octanol–water partition coefficient (Wildman–Crippen LogP) is 1.48. The van der Waals surface area contributed by atoms with Crippen molar-refractivity contribution >= 4 is 34.6 Å². The van der Waals surface area contributed by atoms with Gasteiger partial charge >= 0.3 is 0 Å². The number of aromatic amines is 1. The summed E-state index contributed by atoms with van der Waals surface area (Å²) in [4.78, 5) is 27.3. The van der Waals surface area contributed by atoms with Crippen molar-refractivity contribution in [3.8, 4) is 0 Å². The lowest BCUT2D eigenvalue weighted by Gasteiger charge is -2.14.